The number of alkyl carbamates (subject to hydrolysis) is 1. The number of hydrogen-bond acceptors (Lipinski definition) is 21. The van der Waals surface area contributed by atoms with Gasteiger partial charge in [0.15, 0.2) is 23.6 Å². The second-order valence-corrected chi connectivity index (χ2v) is 23.0. The van der Waals surface area contributed by atoms with Gasteiger partial charge in [0.1, 0.15) is 36.6 Å². The molecule has 89 heavy (non-hydrogen) atoms. The Kier molecular flexibility index (Phi) is 22.7. The van der Waals surface area contributed by atoms with E-state index in [0.717, 1.165) is 19.4 Å². The Balaban J connectivity index is 0.998. The highest BCUT2D eigenvalue weighted by molar-refractivity contribution is 5.96. The van der Waals surface area contributed by atoms with Crippen LogP contribution in [0.25, 0.3) is 0 Å². The molecule has 0 spiro atoms. The number of nitrogens with one attached hydrogen (secondary N) is 2. The predicted octanol–water partition coefficient (Wildman–Crippen LogP) is 5.67. The minimum absolute atomic E-state index is 0.0179. The lowest BCUT2D eigenvalue weighted by Gasteiger charge is -2.67. The highest BCUT2D eigenvalue weighted by Gasteiger charge is 2.79. The third-order valence-corrected chi connectivity index (χ3v) is 17.0. The molecule has 0 unspecified atom stereocenters. The number of ether oxygens (including phenoxy) is 11. The third-order valence-electron chi connectivity index (χ3n) is 17.0. The van der Waals surface area contributed by atoms with Gasteiger partial charge in [0, 0.05) is 44.2 Å². The van der Waals surface area contributed by atoms with Gasteiger partial charge in [-0.25, -0.2) is 14.4 Å². The Bertz CT molecular complexity index is 3150. The average molecular weight is 1240 g/mol. The zero-order valence-corrected chi connectivity index (χ0v) is 50.7. The molecule has 0 aromatic heterocycles. The van der Waals surface area contributed by atoms with Crippen molar-refractivity contribution in [2.24, 2.45) is 16.7 Å². The molecular weight excluding hydrogens is 1160 g/mol. The van der Waals surface area contributed by atoms with Crippen molar-refractivity contribution >= 4 is 47.6 Å². The van der Waals surface area contributed by atoms with Gasteiger partial charge in [-0.15, -0.1) is 0 Å². The van der Waals surface area contributed by atoms with Gasteiger partial charge < -0.3 is 73.0 Å². The van der Waals surface area contributed by atoms with Gasteiger partial charge in [-0.3, -0.25) is 24.0 Å². The van der Waals surface area contributed by atoms with Gasteiger partial charge >= 0.3 is 35.9 Å². The number of ketones is 1. The zero-order valence-electron chi connectivity index (χ0n) is 50.7. The molecule has 0 radical (unpaired) electrons. The largest absolute Gasteiger partial charge is 0.461 e. The van der Waals surface area contributed by atoms with Crippen molar-refractivity contribution in [3.05, 3.63) is 155 Å². The Hall–Kier alpha value is -7.90. The number of amides is 2. The molecule has 23 heteroatoms. The number of Topliss-reactive ketones (excluding diaryl/α,β-unsaturated/α-hetero) is 1. The SMILES string of the molecule is CC(=O)O[C@H]1C(=O)[C@]2(C)[C@@H](OC(=O)CCOCCOCCOCCOCCNC(=O)OCc3ccccc3)C[C@H]3OC[C@@]3(OC(C)=O)[C@H]2[C@H](OC(=O)c2ccccc2)[C@]2(O)C[C@H](OC(=O)[C@H](O)[C@@H](NC(=O)c3ccccc3)c3ccccc3)C(C)=C1C2(C)C. The van der Waals surface area contributed by atoms with Crippen LogP contribution in [0.2, 0.25) is 0 Å². The van der Waals surface area contributed by atoms with E-state index in [1.54, 1.807) is 92.7 Å². The standard InChI is InChI=1S/C66H78N2O21/c1-41-48(86-61(76)54(72)53(45-21-13-8-14-22-45)68-59(74)46-23-15-9-16-24-46)38-66(78)58(88-60(75)47-25-17-10-18-26-47)56-64(6,57(73)55(85-42(2)69)52(41)63(66,4)5)49(37-50-65(56,40-84-50)89-43(3)70)87-51(71)27-29-79-31-33-81-35-36-82-34-32-80-30-28-67-62(77)83-39-44-19-11-7-12-20-44/h7-26,48-50,53-56,58,72,78H,27-40H2,1-6H3,(H,67,77)(H,68,74)/t48-,49-,50+,53-,54+,55+,56-,58-,64+,65-,66+/m0/s1. The summed E-state index contributed by atoms with van der Waals surface area (Å²) in [5.41, 5.74) is -6.86. The Labute approximate surface area is 515 Å². The maximum absolute atomic E-state index is 16.3. The first-order valence-corrected chi connectivity index (χ1v) is 29.6. The van der Waals surface area contributed by atoms with Crippen molar-refractivity contribution in [1.29, 1.82) is 0 Å². The summed E-state index contributed by atoms with van der Waals surface area (Å²) >= 11 is 0. The summed E-state index contributed by atoms with van der Waals surface area (Å²) in [6.45, 7) is 9.62. The Morgan fingerprint density at radius 1 is 0.685 bits per heavy atom. The molecule has 1 saturated heterocycles. The number of carbonyl (C=O) groups is 8. The van der Waals surface area contributed by atoms with Crippen molar-refractivity contribution < 1.29 is 101 Å². The summed E-state index contributed by atoms with van der Waals surface area (Å²) < 4.78 is 65.0. The third kappa shape index (κ3) is 15.4. The van der Waals surface area contributed by atoms with E-state index in [9.17, 15) is 43.8 Å². The first-order valence-electron chi connectivity index (χ1n) is 29.6. The van der Waals surface area contributed by atoms with Crippen molar-refractivity contribution in [1.82, 2.24) is 10.6 Å². The number of rotatable bonds is 28. The van der Waals surface area contributed by atoms with Crippen molar-refractivity contribution in [3.8, 4) is 0 Å². The molecule has 4 aromatic carbocycles. The van der Waals surface area contributed by atoms with E-state index in [0.29, 0.717) is 5.56 Å². The van der Waals surface area contributed by atoms with Crippen LogP contribution in [0.3, 0.4) is 0 Å². The lowest BCUT2D eigenvalue weighted by molar-refractivity contribution is -0.346. The fourth-order valence-corrected chi connectivity index (χ4v) is 12.5. The van der Waals surface area contributed by atoms with Crippen LogP contribution in [0.15, 0.2) is 132 Å². The molecule has 2 bridgehead atoms. The van der Waals surface area contributed by atoms with Crippen LogP contribution in [-0.2, 0) is 82.7 Å². The molecule has 11 atom stereocenters. The van der Waals surface area contributed by atoms with E-state index in [-0.39, 0.29) is 101 Å². The van der Waals surface area contributed by atoms with Gasteiger partial charge in [-0.05, 0) is 60.4 Å². The summed E-state index contributed by atoms with van der Waals surface area (Å²) in [5.74, 6) is -8.10. The summed E-state index contributed by atoms with van der Waals surface area (Å²) in [7, 11) is 0. The fourth-order valence-electron chi connectivity index (χ4n) is 12.5. The van der Waals surface area contributed by atoms with Crippen LogP contribution in [0.5, 0.6) is 0 Å². The summed E-state index contributed by atoms with van der Waals surface area (Å²) in [4.78, 5) is 112. The lowest BCUT2D eigenvalue weighted by Crippen LogP contribution is -2.82. The average Bonchev–Trinajstić information content (AvgIpc) is 0.672. The quantitative estimate of drug-likeness (QED) is 0.0230. The summed E-state index contributed by atoms with van der Waals surface area (Å²) in [6.07, 6.45) is -12.0. The highest BCUT2D eigenvalue weighted by Crippen LogP contribution is 2.65. The van der Waals surface area contributed by atoms with Crippen LogP contribution >= 0.6 is 0 Å². The van der Waals surface area contributed by atoms with E-state index in [1.165, 1.54) is 26.0 Å². The Morgan fingerprint density at radius 2 is 1.25 bits per heavy atom. The summed E-state index contributed by atoms with van der Waals surface area (Å²) in [6, 6.07) is 32.0. The first-order chi connectivity index (χ1) is 42.6. The normalized spacial score (nSPS) is 25.6. The second kappa shape index (κ2) is 30.1. The van der Waals surface area contributed by atoms with Gasteiger partial charge in [0.2, 0.25) is 0 Å². The number of carbonyl (C=O) groups excluding carboxylic acids is 8. The minimum atomic E-state index is -2.51. The van der Waals surface area contributed by atoms with Gasteiger partial charge in [-0.2, -0.15) is 0 Å². The lowest BCUT2D eigenvalue weighted by atomic mass is 9.44. The smallest absolute Gasteiger partial charge is 0.407 e. The van der Waals surface area contributed by atoms with Crippen LogP contribution in [0, 0.1) is 16.7 Å². The van der Waals surface area contributed by atoms with E-state index in [2.05, 4.69) is 10.6 Å². The van der Waals surface area contributed by atoms with Crippen molar-refractivity contribution in [2.45, 2.75) is 121 Å². The molecule has 3 aliphatic carbocycles. The van der Waals surface area contributed by atoms with E-state index in [4.69, 9.17) is 52.1 Å². The molecule has 2 saturated carbocycles. The molecule has 478 valence electrons. The summed E-state index contributed by atoms with van der Waals surface area (Å²) in [5, 5.41) is 31.5. The van der Waals surface area contributed by atoms with Crippen LogP contribution in [0.1, 0.15) is 98.7 Å². The van der Waals surface area contributed by atoms with Crippen LogP contribution in [-0.4, -0.2) is 172 Å². The molecule has 1 heterocycles. The molecule has 3 fully saturated rings. The number of aliphatic hydroxyl groups excluding tert-OH is 1. The number of hydrogen-bond donors (Lipinski definition) is 4. The highest BCUT2D eigenvalue weighted by atomic mass is 16.6. The second-order valence-electron chi connectivity index (χ2n) is 23.0. The molecular formula is C66H78N2O21. The van der Waals surface area contributed by atoms with E-state index in [1.807, 2.05) is 30.3 Å². The first kappa shape index (κ1) is 67.0. The van der Waals surface area contributed by atoms with Gasteiger partial charge in [0.25, 0.3) is 5.91 Å². The molecule has 4 N–H and O–H groups in total. The van der Waals surface area contributed by atoms with E-state index < -0.39 is 131 Å². The molecule has 1 aliphatic heterocycles. The number of benzene rings is 4. The number of fused-ring (bicyclic) bond motifs is 5. The molecule has 8 rings (SSSR count). The van der Waals surface area contributed by atoms with Crippen LogP contribution < -0.4 is 10.6 Å². The van der Waals surface area contributed by atoms with Crippen molar-refractivity contribution in [3.63, 3.8) is 0 Å². The molecule has 4 aliphatic rings. The zero-order chi connectivity index (χ0) is 63.9. The van der Waals surface area contributed by atoms with Crippen molar-refractivity contribution in [2.75, 3.05) is 66.0 Å². The molecule has 4 aromatic rings. The molecule has 23 nitrogen and oxygen atoms in total. The van der Waals surface area contributed by atoms with E-state index >= 15 is 4.79 Å². The maximum Gasteiger partial charge on any atom is 0.407 e. The molecule has 2 amide bonds. The predicted molar refractivity (Wildman–Crippen MR) is 314 cm³/mol. The number of esters is 5. The van der Waals surface area contributed by atoms with Gasteiger partial charge in [-0.1, -0.05) is 111 Å². The van der Waals surface area contributed by atoms with Gasteiger partial charge in [0.05, 0.1) is 88.8 Å². The maximum atomic E-state index is 16.3. The fraction of sp³-hybridized carbons (Fsp3) is 0.485. The topological polar surface area (TPSA) is 303 Å². The minimum Gasteiger partial charge on any atom is -0.461 e. The Morgan fingerprint density at radius 3 is 1.82 bits per heavy atom. The number of aliphatic hydroxyl groups is 2. The van der Waals surface area contributed by atoms with Crippen LogP contribution in [0.4, 0.5) is 4.79 Å². The monoisotopic (exact) mass is 1230 g/mol.